The van der Waals surface area contributed by atoms with Gasteiger partial charge in [-0.2, -0.15) is 13.2 Å². The number of alkyl halides is 3. The third kappa shape index (κ3) is 3.28. The Hall–Kier alpha value is -1.23. The average molecular weight is 338 g/mol. The monoisotopic (exact) mass is 338 g/mol. The summed E-state index contributed by atoms with van der Waals surface area (Å²) < 4.78 is 38.6. The number of fused-ring (bicyclic) bond motifs is 2. The Balaban J connectivity index is 1.33. The normalized spacial score (nSPS) is 31.0. The van der Waals surface area contributed by atoms with Crippen molar-refractivity contribution in [3.05, 3.63) is 29.8 Å². The van der Waals surface area contributed by atoms with Gasteiger partial charge >= 0.3 is 6.18 Å². The molecule has 1 aromatic carbocycles. The highest BCUT2D eigenvalue weighted by Crippen LogP contribution is 2.48. The lowest BCUT2D eigenvalue weighted by Gasteiger charge is -2.38. The van der Waals surface area contributed by atoms with Crippen molar-refractivity contribution in [1.29, 1.82) is 0 Å². The predicted octanol–water partition coefficient (Wildman–Crippen LogP) is 4.26. The molecule has 3 atom stereocenters. The summed E-state index contributed by atoms with van der Waals surface area (Å²) in [6.45, 7) is 4.76. The van der Waals surface area contributed by atoms with Gasteiger partial charge < -0.3 is 4.90 Å². The molecule has 0 aromatic heterocycles. The zero-order chi connectivity index (χ0) is 16.7. The molecule has 5 heteroatoms. The molecule has 3 aliphatic rings. The lowest BCUT2D eigenvalue weighted by atomic mass is 9.88. The van der Waals surface area contributed by atoms with E-state index < -0.39 is 11.7 Å². The zero-order valence-corrected chi connectivity index (χ0v) is 13.9. The van der Waals surface area contributed by atoms with Gasteiger partial charge in [-0.1, -0.05) is 12.5 Å². The second kappa shape index (κ2) is 6.25. The molecule has 3 unspecified atom stereocenters. The van der Waals surface area contributed by atoms with Gasteiger partial charge in [-0.05, 0) is 55.2 Å². The largest absolute Gasteiger partial charge is 0.416 e. The van der Waals surface area contributed by atoms with Crippen LogP contribution in [0.5, 0.6) is 0 Å². The first kappa shape index (κ1) is 16.2. The topological polar surface area (TPSA) is 6.48 Å². The number of nitrogens with zero attached hydrogens (tertiary/aromatic N) is 2. The number of anilines is 1. The molecule has 0 radical (unpaired) electrons. The first-order chi connectivity index (χ1) is 11.5. The molecule has 4 rings (SSSR count). The van der Waals surface area contributed by atoms with Gasteiger partial charge in [0, 0.05) is 38.4 Å². The van der Waals surface area contributed by atoms with Gasteiger partial charge in [0.25, 0.3) is 0 Å². The highest BCUT2D eigenvalue weighted by molar-refractivity contribution is 5.49. The summed E-state index contributed by atoms with van der Waals surface area (Å²) in [5, 5.41) is 0. The molecule has 3 fully saturated rings. The second-order valence-electron chi connectivity index (χ2n) is 7.77. The Morgan fingerprint density at radius 2 is 1.79 bits per heavy atom. The van der Waals surface area contributed by atoms with Crippen LogP contribution in [-0.2, 0) is 6.18 Å². The first-order valence-corrected chi connectivity index (χ1v) is 9.13. The summed E-state index contributed by atoms with van der Waals surface area (Å²) in [6, 6.07) is 5.74. The van der Waals surface area contributed by atoms with Crippen molar-refractivity contribution in [1.82, 2.24) is 4.90 Å². The van der Waals surface area contributed by atoms with E-state index in [4.69, 9.17) is 0 Å². The maximum atomic E-state index is 12.9. The van der Waals surface area contributed by atoms with E-state index in [2.05, 4.69) is 9.80 Å². The van der Waals surface area contributed by atoms with Crippen molar-refractivity contribution in [2.75, 3.05) is 37.6 Å². The Morgan fingerprint density at radius 3 is 2.42 bits per heavy atom. The van der Waals surface area contributed by atoms with E-state index in [1.165, 1.54) is 44.4 Å². The van der Waals surface area contributed by atoms with E-state index in [0.29, 0.717) is 5.69 Å². The van der Waals surface area contributed by atoms with Crippen molar-refractivity contribution < 1.29 is 13.2 Å². The van der Waals surface area contributed by atoms with Gasteiger partial charge in [0.05, 0.1) is 5.56 Å². The van der Waals surface area contributed by atoms with E-state index in [1.807, 2.05) is 0 Å². The predicted molar refractivity (Wildman–Crippen MR) is 89.0 cm³/mol. The zero-order valence-electron chi connectivity index (χ0n) is 13.9. The molecule has 1 saturated heterocycles. The Bertz CT molecular complexity index is 578. The Morgan fingerprint density at radius 1 is 1.00 bits per heavy atom. The smallest absolute Gasteiger partial charge is 0.369 e. The van der Waals surface area contributed by atoms with E-state index in [0.717, 1.165) is 50.0 Å². The van der Waals surface area contributed by atoms with Crippen LogP contribution in [0.1, 0.15) is 31.2 Å². The van der Waals surface area contributed by atoms with Crippen molar-refractivity contribution in [2.24, 2.45) is 17.8 Å². The summed E-state index contributed by atoms with van der Waals surface area (Å²) in [7, 11) is 0. The molecule has 132 valence electrons. The number of piperazine rings is 1. The number of rotatable bonds is 3. The maximum Gasteiger partial charge on any atom is 0.416 e. The molecule has 1 aliphatic heterocycles. The van der Waals surface area contributed by atoms with Gasteiger partial charge in [-0.25, -0.2) is 0 Å². The number of hydrogen-bond acceptors (Lipinski definition) is 2. The van der Waals surface area contributed by atoms with Gasteiger partial charge in [-0.15, -0.1) is 0 Å². The van der Waals surface area contributed by atoms with Gasteiger partial charge in [0.1, 0.15) is 0 Å². The van der Waals surface area contributed by atoms with Crippen LogP contribution in [-0.4, -0.2) is 37.6 Å². The molecule has 1 heterocycles. The Labute approximate surface area is 141 Å². The van der Waals surface area contributed by atoms with E-state index in [9.17, 15) is 13.2 Å². The van der Waals surface area contributed by atoms with E-state index in [1.54, 1.807) is 6.07 Å². The van der Waals surface area contributed by atoms with Crippen LogP contribution in [0.15, 0.2) is 24.3 Å². The van der Waals surface area contributed by atoms with Crippen molar-refractivity contribution in [3.63, 3.8) is 0 Å². The number of halogens is 3. The molecule has 24 heavy (non-hydrogen) atoms. The van der Waals surface area contributed by atoms with Gasteiger partial charge in [0.2, 0.25) is 0 Å². The SMILES string of the molecule is FC(F)(F)c1cccc(N2CCN(CC3CC4CCC3C4)CC2)c1. The standard InChI is InChI=1S/C19H25F3N2/c20-19(21,22)17-2-1-3-18(12-17)24-8-6-23(7-9-24)13-16-11-14-4-5-15(16)10-14/h1-3,12,14-16H,4-11,13H2. The summed E-state index contributed by atoms with van der Waals surface area (Å²) in [6.07, 6.45) is 1.43. The van der Waals surface area contributed by atoms with Crippen molar-refractivity contribution in [3.8, 4) is 0 Å². The third-order valence-corrected chi connectivity index (χ3v) is 6.29. The third-order valence-electron chi connectivity index (χ3n) is 6.29. The molecule has 0 amide bonds. The lowest BCUT2D eigenvalue weighted by Crippen LogP contribution is -2.48. The van der Waals surface area contributed by atoms with E-state index >= 15 is 0 Å². The fourth-order valence-corrected chi connectivity index (χ4v) is 5.00. The highest BCUT2D eigenvalue weighted by atomic mass is 19.4. The first-order valence-electron chi connectivity index (χ1n) is 9.13. The molecule has 2 saturated carbocycles. The van der Waals surface area contributed by atoms with Crippen LogP contribution in [0.2, 0.25) is 0 Å². The number of benzene rings is 1. The molecule has 0 N–H and O–H groups in total. The Kier molecular flexibility index (Phi) is 4.23. The molecular weight excluding hydrogens is 313 g/mol. The van der Waals surface area contributed by atoms with Crippen LogP contribution in [0.4, 0.5) is 18.9 Å². The van der Waals surface area contributed by atoms with Crippen LogP contribution in [0, 0.1) is 17.8 Å². The molecule has 2 nitrogen and oxygen atoms in total. The summed E-state index contributed by atoms with van der Waals surface area (Å²) in [4.78, 5) is 4.61. The number of hydrogen-bond donors (Lipinski definition) is 0. The fourth-order valence-electron chi connectivity index (χ4n) is 5.00. The fraction of sp³-hybridized carbons (Fsp3) is 0.684. The molecule has 0 spiro atoms. The molecule has 2 aliphatic carbocycles. The van der Waals surface area contributed by atoms with Gasteiger partial charge in [-0.3, -0.25) is 4.90 Å². The quantitative estimate of drug-likeness (QED) is 0.812. The summed E-state index contributed by atoms with van der Waals surface area (Å²) in [5.74, 6) is 2.78. The highest BCUT2D eigenvalue weighted by Gasteiger charge is 2.40. The molecule has 1 aromatic rings. The minimum atomic E-state index is -4.26. The van der Waals surface area contributed by atoms with Gasteiger partial charge in [0.15, 0.2) is 0 Å². The maximum absolute atomic E-state index is 12.9. The summed E-state index contributed by atoms with van der Waals surface area (Å²) in [5.41, 5.74) is 0.147. The summed E-state index contributed by atoms with van der Waals surface area (Å²) >= 11 is 0. The van der Waals surface area contributed by atoms with Crippen LogP contribution in [0.25, 0.3) is 0 Å². The van der Waals surface area contributed by atoms with Crippen molar-refractivity contribution in [2.45, 2.75) is 31.9 Å². The lowest BCUT2D eigenvalue weighted by molar-refractivity contribution is -0.137. The van der Waals surface area contributed by atoms with Crippen LogP contribution >= 0.6 is 0 Å². The van der Waals surface area contributed by atoms with Crippen LogP contribution < -0.4 is 4.90 Å². The molecular formula is C19H25F3N2. The minimum absolute atomic E-state index is 0.551. The average Bonchev–Trinajstić information content (AvgIpc) is 3.18. The van der Waals surface area contributed by atoms with Crippen molar-refractivity contribution >= 4 is 5.69 Å². The van der Waals surface area contributed by atoms with Crippen LogP contribution in [0.3, 0.4) is 0 Å². The second-order valence-corrected chi connectivity index (χ2v) is 7.77. The minimum Gasteiger partial charge on any atom is -0.369 e. The molecule has 2 bridgehead atoms. The van der Waals surface area contributed by atoms with E-state index in [-0.39, 0.29) is 0 Å².